The van der Waals surface area contributed by atoms with Crippen LogP contribution in [0.15, 0.2) is 0 Å². The summed E-state index contributed by atoms with van der Waals surface area (Å²) in [6, 6.07) is 0. The van der Waals surface area contributed by atoms with Crippen molar-refractivity contribution in [3.63, 3.8) is 0 Å². The molecular formula is C11H19N5O2. The van der Waals surface area contributed by atoms with Crippen molar-refractivity contribution < 1.29 is 9.53 Å². The van der Waals surface area contributed by atoms with E-state index in [-0.39, 0.29) is 12.0 Å². The summed E-state index contributed by atoms with van der Waals surface area (Å²) < 4.78 is 5.37. The first-order chi connectivity index (χ1) is 8.46. The SMILES string of the molecule is CC(C)(C)OC(=O)N1CCCC(c2nn[nH]n2)C1. The third-order valence-corrected chi connectivity index (χ3v) is 2.80. The molecule has 0 saturated carbocycles. The number of likely N-dealkylation sites (tertiary alicyclic amines) is 1. The van der Waals surface area contributed by atoms with Gasteiger partial charge in [-0.05, 0) is 33.6 Å². The average Bonchev–Trinajstić information content (AvgIpc) is 2.80. The van der Waals surface area contributed by atoms with Gasteiger partial charge in [-0.1, -0.05) is 5.21 Å². The van der Waals surface area contributed by atoms with E-state index in [0.29, 0.717) is 12.4 Å². The maximum atomic E-state index is 12.0. The number of hydrogen-bond acceptors (Lipinski definition) is 5. The lowest BCUT2D eigenvalue weighted by atomic mass is 9.98. The van der Waals surface area contributed by atoms with Gasteiger partial charge in [0.2, 0.25) is 0 Å². The van der Waals surface area contributed by atoms with Crippen LogP contribution in [-0.4, -0.2) is 50.3 Å². The van der Waals surface area contributed by atoms with E-state index < -0.39 is 5.60 Å². The Balaban J connectivity index is 1.96. The van der Waals surface area contributed by atoms with Crippen LogP contribution >= 0.6 is 0 Å². The van der Waals surface area contributed by atoms with Crippen LogP contribution in [0.5, 0.6) is 0 Å². The summed E-state index contributed by atoms with van der Waals surface area (Å²) in [5, 5.41) is 14.0. The number of piperidine rings is 1. The van der Waals surface area contributed by atoms with Crippen molar-refractivity contribution in [1.29, 1.82) is 0 Å². The van der Waals surface area contributed by atoms with E-state index in [1.165, 1.54) is 0 Å². The molecule has 1 unspecified atom stereocenters. The van der Waals surface area contributed by atoms with Crippen molar-refractivity contribution in [3.05, 3.63) is 5.82 Å². The number of hydrogen-bond donors (Lipinski definition) is 1. The highest BCUT2D eigenvalue weighted by Gasteiger charge is 2.29. The molecule has 1 N–H and O–H groups in total. The molecule has 2 heterocycles. The van der Waals surface area contributed by atoms with E-state index in [9.17, 15) is 4.79 Å². The molecule has 0 bridgehead atoms. The Morgan fingerprint density at radius 1 is 1.50 bits per heavy atom. The Morgan fingerprint density at radius 3 is 2.89 bits per heavy atom. The van der Waals surface area contributed by atoms with Crippen LogP contribution in [-0.2, 0) is 4.74 Å². The number of H-pyrrole nitrogens is 1. The number of aromatic nitrogens is 4. The topological polar surface area (TPSA) is 84.0 Å². The summed E-state index contributed by atoms with van der Waals surface area (Å²) in [4.78, 5) is 13.7. The number of carbonyl (C=O) groups is 1. The minimum Gasteiger partial charge on any atom is -0.444 e. The highest BCUT2D eigenvalue weighted by molar-refractivity contribution is 5.68. The van der Waals surface area contributed by atoms with Gasteiger partial charge < -0.3 is 9.64 Å². The Morgan fingerprint density at radius 2 is 2.28 bits per heavy atom. The molecule has 0 radical (unpaired) electrons. The second-order valence-electron chi connectivity index (χ2n) is 5.54. The third kappa shape index (κ3) is 3.18. The Hall–Kier alpha value is -1.66. The third-order valence-electron chi connectivity index (χ3n) is 2.80. The molecule has 1 fully saturated rings. The van der Waals surface area contributed by atoms with Crippen LogP contribution in [0, 0.1) is 0 Å². The Labute approximate surface area is 106 Å². The van der Waals surface area contributed by atoms with Gasteiger partial charge in [-0.3, -0.25) is 0 Å². The summed E-state index contributed by atoms with van der Waals surface area (Å²) >= 11 is 0. The van der Waals surface area contributed by atoms with Crippen molar-refractivity contribution in [1.82, 2.24) is 25.5 Å². The summed E-state index contributed by atoms with van der Waals surface area (Å²) in [7, 11) is 0. The Bertz CT molecular complexity index is 398. The first-order valence-electron chi connectivity index (χ1n) is 6.17. The van der Waals surface area contributed by atoms with Gasteiger partial charge in [0.15, 0.2) is 5.82 Å². The monoisotopic (exact) mass is 253 g/mol. The number of nitrogens with zero attached hydrogens (tertiary/aromatic N) is 4. The van der Waals surface area contributed by atoms with Gasteiger partial charge in [-0.15, -0.1) is 10.2 Å². The summed E-state index contributed by atoms with van der Waals surface area (Å²) in [6.45, 7) is 6.92. The summed E-state index contributed by atoms with van der Waals surface area (Å²) in [6.07, 6.45) is 1.63. The lowest BCUT2D eigenvalue weighted by Crippen LogP contribution is -2.42. The molecule has 7 heteroatoms. The van der Waals surface area contributed by atoms with Crippen molar-refractivity contribution in [2.75, 3.05) is 13.1 Å². The molecule has 1 saturated heterocycles. The van der Waals surface area contributed by atoms with Crippen LogP contribution in [0.3, 0.4) is 0 Å². The normalized spacial score (nSPS) is 20.8. The summed E-state index contributed by atoms with van der Waals surface area (Å²) in [5.41, 5.74) is -0.462. The first-order valence-corrected chi connectivity index (χ1v) is 6.17. The fourth-order valence-corrected chi connectivity index (χ4v) is 2.02. The fraction of sp³-hybridized carbons (Fsp3) is 0.818. The maximum Gasteiger partial charge on any atom is 0.410 e. The number of aromatic amines is 1. The zero-order chi connectivity index (χ0) is 13.2. The fourth-order valence-electron chi connectivity index (χ4n) is 2.02. The lowest BCUT2D eigenvalue weighted by Gasteiger charge is -2.32. The zero-order valence-electron chi connectivity index (χ0n) is 11.0. The van der Waals surface area contributed by atoms with Gasteiger partial charge in [0, 0.05) is 19.0 Å². The number of nitrogens with one attached hydrogen (secondary N) is 1. The zero-order valence-corrected chi connectivity index (χ0v) is 11.0. The lowest BCUT2D eigenvalue weighted by molar-refractivity contribution is 0.0196. The molecule has 1 aliphatic rings. The minimum atomic E-state index is -0.462. The molecule has 0 spiro atoms. The molecule has 1 amide bonds. The van der Waals surface area contributed by atoms with Gasteiger partial charge in [-0.2, -0.15) is 5.21 Å². The average molecular weight is 253 g/mol. The number of tetrazole rings is 1. The molecule has 18 heavy (non-hydrogen) atoms. The summed E-state index contributed by atoms with van der Waals surface area (Å²) in [5.74, 6) is 0.813. The quantitative estimate of drug-likeness (QED) is 0.815. The van der Waals surface area contributed by atoms with Crippen LogP contribution in [0.4, 0.5) is 4.79 Å². The first kappa shape index (κ1) is 12.8. The molecular weight excluding hydrogens is 234 g/mol. The van der Waals surface area contributed by atoms with Crippen molar-refractivity contribution in [3.8, 4) is 0 Å². The van der Waals surface area contributed by atoms with Crippen LogP contribution in [0.25, 0.3) is 0 Å². The van der Waals surface area contributed by atoms with Crippen LogP contribution in [0.2, 0.25) is 0 Å². The van der Waals surface area contributed by atoms with Gasteiger partial charge in [-0.25, -0.2) is 4.79 Å². The van der Waals surface area contributed by atoms with Gasteiger partial charge in [0.05, 0.1) is 0 Å². The predicted molar refractivity (Wildman–Crippen MR) is 64.0 cm³/mol. The maximum absolute atomic E-state index is 12.0. The van der Waals surface area contributed by atoms with Crippen molar-refractivity contribution >= 4 is 6.09 Å². The molecule has 1 aliphatic heterocycles. The number of ether oxygens (including phenoxy) is 1. The molecule has 1 aromatic heterocycles. The molecule has 0 aromatic carbocycles. The highest BCUT2D eigenvalue weighted by atomic mass is 16.6. The van der Waals surface area contributed by atoms with Gasteiger partial charge in [0.1, 0.15) is 5.60 Å². The van der Waals surface area contributed by atoms with E-state index in [0.717, 1.165) is 19.4 Å². The molecule has 0 aliphatic carbocycles. The standard InChI is InChI=1S/C11H19N5O2/c1-11(2,3)18-10(17)16-6-4-5-8(7-16)9-12-14-15-13-9/h8H,4-7H2,1-3H3,(H,12,13,14,15). The highest BCUT2D eigenvalue weighted by Crippen LogP contribution is 2.24. The van der Waals surface area contributed by atoms with Crippen molar-refractivity contribution in [2.24, 2.45) is 0 Å². The van der Waals surface area contributed by atoms with Crippen LogP contribution in [0.1, 0.15) is 45.4 Å². The van der Waals surface area contributed by atoms with E-state index >= 15 is 0 Å². The molecule has 100 valence electrons. The number of carbonyl (C=O) groups excluding carboxylic acids is 1. The van der Waals surface area contributed by atoms with E-state index in [1.54, 1.807) is 4.90 Å². The molecule has 1 atom stereocenters. The van der Waals surface area contributed by atoms with Crippen molar-refractivity contribution in [2.45, 2.75) is 45.1 Å². The number of amides is 1. The Kier molecular flexibility index (Phi) is 3.49. The number of rotatable bonds is 1. The van der Waals surface area contributed by atoms with Gasteiger partial charge in [0.25, 0.3) is 0 Å². The smallest absolute Gasteiger partial charge is 0.410 e. The minimum absolute atomic E-state index is 0.144. The van der Waals surface area contributed by atoms with E-state index in [1.807, 2.05) is 20.8 Å². The molecule has 7 nitrogen and oxygen atoms in total. The molecule has 2 rings (SSSR count). The van der Waals surface area contributed by atoms with Crippen LogP contribution < -0.4 is 0 Å². The van der Waals surface area contributed by atoms with E-state index in [2.05, 4.69) is 20.6 Å². The predicted octanol–water partition coefficient (Wildman–Crippen LogP) is 1.31. The second-order valence-corrected chi connectivity index (χ2v) is 5.54. The van der Waals surface area contributed by atoms with Gasteiger partial charge >= 0.3 is 6.09 Å². The second kappa shape index (κ2) is 4.91. The van der Waals surface area contributed by atoms with E-state index in [4.69, 9.17) is 4.74 Å². The largest absolute Gasteiger partial charge is 0.444 e. The molecule has 1 aromatic rings.